The minimum absolute atomic E-state index is 0.261. The number of benzene rings is 3. The molecule has 0 aromatic heterocycles. The molecule has 0 aliphatic carbocycles. The van der Waals surface area contributed by atoms with Gasteiger partial charge in [-0.2, -0.15) is 0 Å². The smallest absolute Gasteiger partial charge is 0.255 e. The van der Waals surface area contributed by atoms with Gasteiger partial charge in [0.1, 0.15) is 0 Å². The molecule has 0 saturated heterocycles. The number of anilines is 2. The highest BCUT2D eigenvalue weighted by molar-refractivity contribution is 7.94. The molecule has 1 amide bonds. The van der Waals surface area contributed by atoms with Gasteiger partial charge in [0.05, 0.1) is 4.75 Å². The number of carbonyl (C=O) groups is 1. The molecule has 0 radical (unpaired) electrons. The highest BCUT2D eigenvalue weighted by atomic mass is 32.2. The molecule has 2 N–H and O–H groups in total. The predicted molar refractivity (Wildman–Crippen MR) is 119 cm³/mol. The molecule has 0 unspecified atom stereocenters. The maximum Gasteiger partial charge on any atom is 0.255 e. The van der Waals surface area contributed by atoms with Gasteiger partial charge in [0, 0.05) is 16.9 Å². The van der Waals surface area contributed by atoms with Crippen LogP contribution in [0.25, 0.3) is 11.1 Å². The Labute approximate surface area is 171 Å². The van der Waals surface area contributed by atoms with E-state index in [1.54, 1.807) is 45.0 Å². The van der Waals surface area contributed by atoms with E-state index in [2.05, 4.69) is 10.0 Å². The van der Waals surface area contributed by atoms with Gasteiger partial charge in [-0.05, 0) is 68.3 Å². The zero-order valence-corrected chi connectivity index (χ0v) is 17.5. The Bertz CT molecular complexity index is 1080. The number of hydrogen-bond donors (Lipinski definition) is 2. The van der Waals surface area contributed by atoms with E-state index in [0.29, 0.717) is 16.9 Å². The highest BCUT2D eigenvalue weighted by Crippen LogP contribution is 2.22. The van der Waals surface area contributed by atoms with Crippen LogP contribution in [0.3, 0.4) is 0 Å². The van der Waals surface area contributed by atoms with Gasteiger partial charge in [-0.25, -0.2) is 8.42 Å². The zero-order chi connectivity index (χ0) is 21.1. The minimum atomic E-state index is -3.51. The third kappa shape index (κ3) is 5.03. The second kappa shape index (κ2) is 8.09. The van der Waals surface area contributed by atoms with Crippen molar-refractivity contribution in [3.63, 3.8) is 0 Å². The first-order valence-electron chi connectivity index (χ1n) is 9.25. The molecule has 150 valence electrons. The lowest BCUT2D eigenvalue weighted by Crippen LogP contribution is -2.33. The lowest BCUT2D eigenvalue weighted by Gasteiger charge is -2.20. The second-order valence-corrected chi connectivity index (χ2v) is 10.1. The SMILES string of the molecule is CC(C)(C)S(=O)(=O)Nc1ccc(C(=O)Nc2ccc(-c3ccccc3)cc2)cc1. The molecule has 0 fully saturated rings. The number of nitrogens with one attached hydrogen (secondary N) is 2. The molecule has 0 atom stereocenters. The van der Waals surface area contributed by atoms with Crippen LogP contribution < -0.4 is 10.0 Å². The Balaban J connectivity index is 1.67. The summed E-state index contributed by atoms with van der Waals surface area (Å²) in [5.74, 6) is -0.261. The summed E-state index contributed by atoms with van der Waals surface area (Å²) in [7, 11) is -3.51. The molecule has 0 aliphatic heterocycles. The van der Waals surface area contributed by atoms with Crippen molar-refractivity contribution >= 4 is 27.3 Å². The summed E-state index contributed by atoms with van der Waals surface area (Å²) in [6, 6.07) is 24.0. The number of sulfonamides is 1. The van der Waals surface area contributed by atoms with E-state index in [-0.39, 0.29) is 5.91 Å². The van der Waals surface area contributed by atoms with Crippen molar-refractivity contribution in [1.29, 1.82) is 0 Å². The molecule has 3 aromatic rings. The summed E-state index contributed by atoms with van der Waals surface area (Å²) in [5, 5.41) is 2.85. The van der Waals surface area contributed by atoms with Gasteiger partial charge in [-0.15, -0.1) is 0 Å². The van der Waals surface area contributed by atoms with Crippen LogP contribution >= 0.6 is 0 Å². The molecule has 0 heterocycles. The average molecular weight is 409 g/mol. The molecule has 0 spiro atoms. The van der Waals surface area contributed by atoms with Crippen LogP contribution in [0.4, 0.5) is 11.4 Å². The van der Waals surface area contributed by atoms with Gasteiger partial charge in [-0.1, -0.05) is 42.5 Å². The van der Waals surface area contributed by atoms with Crippen LogP contribution in [-0.4, -0.2) is 19.1 Å². The summed E-state index contributed by atoms with van der Waals surface area (Å²) in [4.78, 5) is 12.5. The molecule has 3 aromatic carbocycles. The van der Waals surface area contributed by atoms with E-state index < -0.39 is 14.8 Å². The van der Waals surface area contributed by atoms with Crippen LogP contribution in [0.5, 0.6) is 0 Å². The van der Waals surface area contributed by atoms with Crippen LogP contribution in [0.15, 0.2) is 78.9 Å². The zero-order valence-electron chi connectivity index (χ0n) is 16.6. The summed E-state index contributed by atoms with van der Waals surface area (Å²) < 4.78 is 26.1. The fraction of sp³-hybridized carbons (Fsp3) is 0.174. The number of amides is 1. The standard InChI is InChI=1S/C23H24N2O3S/c1-23(2,3)29(27,28)25-21-15-11-19(12-16-21)22(26)24-20-13-9-18(10-14-20)17-7-5-4-6-8-17/h4-16,25H,1-3H3,(H,24,26). The van der Waals surface area contributed by atoms with Gasteiger partial charge >= 0.3 is 0 Å². The van der Waals surface area contributed by atoms with Gasteiger partial charge in [0.15, 0.2) is 0 Å². The van der Waals surface area contributed by atoms with Crippen LogP contribution in [0, 0.1) is 0 Å². The number of hydrogen-bond acceptors (Lipinski definition) is 3. The Morgan fingerprint density at radius 2 is 1.24 bits per heavy atom. The third-order valence-electron chi connectivity index (χ3n) is 4.46. The maximum atomic E-state index is 12.5. The van der Waals surface area contributed by atoms with Crippen LogP contribution in [0.1, 0.15) is 31.1 Å². The summed E-state index contributed by atoms with van der Waals surface area (Å²) in [6.45, 7) is 4.88. The fourth-order valence-electron chi connectivity index (χ4n) is 2.58. The van der Waals surface area contributed by atoms with Crippen LogP contribution in [-0.2, 0) is 10.0 Å². The Kier molecular flexibility index (Phi) is 5.75. The van der Waals surface area contributed by atoms with Gasteiger partial charge in [0.25, 0.3) is 5.91 Å². The average Bonchev–Trinajstić information content (AvgIpc) is 2.68. The lowest BCUT2D eigenvalue weighted by atomic mass is 10.1. The topological polar surface area (TPSA) is 75.3 Å². The monoisotopic (exact) mass is 408 g/mol. The molecule has 0 bridgehead atoms. The Morgan fingerprint density at radius 3 is 1.79 bits per heavy atom. The molecular weight excluding hydrogens is 384 g/mol. The summed E-state index contributed by atoms with van der Waals surface area (Å²) >= 11 is 0. The first kappa shape index (κ1) is 20.6. The summed E-state index contributed by atoms with van der Waals surface area (Å²) in [5.41, 5.74) is 3.73. The van der Waals surface area contributed by atoms with Crippen molar-refractivity contribution < 1.29 is 13.2 Å². The summed E-state index contributed by atoms with van der Waals surface area (Å²) in [6.07, 6.45) is 0. The van der Waals surface area contributed by atoms with E-state index in [4.69, 9.17) is 0 Å². The van der Waals surface area contributed by atoms with Crippen molar-refractivity contribution in [2.45, 2.75) is 25.5 Å². The van der Waals surface area contributed by atoms with E-state index in [0.717, 1.165) is 11.1 Å². The maximum absolute atomic E-state index is 12.5. The Hall–Kier alpha value is -3.12. The quantitative estimate of drug-likeness (QED) is 0.613. The molecular formula is C23H24N2O3S. The van der Waals surface area contributed by atoms with E-state index in [9.17, 15) is 13.2 Å². The first-order valence-corrected chi connectivity index (χ1v) is 10.7. The minimum Gasteiger partial charge on any atom is -0.322 e. The molecule has 0 aliphatic rings. The van der Waals surface area contributed by atoms with Crippen molar-refractivity contribution in [3.05, 3.63) is 84.4 Å². The van der Waals surface area contributed by atoms with E-state index >= 15 is 0 Å². The normalized spacial score (nSPS) is 11.7. The molecule has 6 heteroatoms. The second-order valence-electron chi connectivity index (χ2n) is 7.69. The Morgan fingerprint density at radius 1 is 0.724 bits per heavy atom. The number of rotatable bonds is 5. The van der Waals surface area contributed by atoms with Crippen molar-refractivity contribution in [3.8, 4) is 11.1 Å². The van der Waals surface area contributed by atoms with Gasteiger partial charge < -0.3 is 5.32 Å². The fourth-order valence-corrected chi connectivity index (χ4v) is 3.33. The molecule has 3 rings (SSSR count). The van der Waals surface area contributed by atoms with Crippen molar-refractivity contribution in [2.75, 3.05) is 10.0 Å². The van der Waals surface area contributed by atoms with E-state index in [1.807, 2.05) is 54.6 Å². The molecule has 29 heavy (non-hydrogen) atoms. The number of carbonyl (C=O) groups excluding carboxylic acids is 1. The predicted octanol–water partition coefficient (Wildman–Crippen LogP) is 5.15. The third-order valence-corrected chi connectivity index (χ3v) is 6.57. The largest absolute Gasteiger partial charge is 0.322 e. The van der Waals surface area contributed by atoms with Gasteiger partial charge in [-0.3, -0.25) is 9.52 Å². The lowest BCUT2D eigenvalue weighted by molar-refractivity contribution is 0.102. The molecule has 5 nitrogen and oxygen atoms in total. The van der Waals surface area contributed by atoms with Crippen molar-refractivity contribution in [2.24, 2.45) is 0 Å². The van der Waals surface area contributed by atoms with E-state index in [1.165, 1.54) is 0 Å². The van der Waals surface area contributed by atoms with Gasteiger partial charge in [0.2, 0.25) is 10.0 Å². The first-order chi connectivity index (χ1) is 13.7. The van der Waals surface area contributed by atoms with Crippen molar-refractivity contribution in [1.82, 2.24) is 0 Å². The van der Waals surface area contributed by atoms with Crippen LogP contribution in [0.2, 0.25) is 0 Å². The highest BCUT2D eigenvalue weighted by Gasteiger charge is 2.28. The molecule has 0 saturated carbocycles.